The summed E-state index contributed by atoms with van der Waals surface area (Å²) in [6.45, 7) is 3.98. The second kappa shape index (κ2) is 6.25. The van der Waals surface area contributed by atoms with E-state index in [4.69, 9.17) is 5.14 Å². The molecule has 2 heterocycles. The Labute approximate surface area is 136 Å². The van der Waals surface area contributed by atoms with Crippen molar-refractivity contribution < 1.29 is 8.42 Å². The molecular weight excluding hydrogens is 312 g/mol. The third kappa shape index (κ3) is 3.51. The van der Waals surface area contributed by atoms with Crippen molar-refractivity contribution in [2.45, 2.75) is 24.2 Å². The summed E-state index contributed by atoms with van der Waals surface area (Å²) in [6.07, 6.45) is 3.60. The summed E-state index contributed by atoms with van der Waals surface area (Å²) in [7, 11) is -3.75. The van der Waals surface area contributed by atoms with Crippen molar-refractivity contribution in [2.24, 2.45) is 11.1 Å². The fourth-order valence-corrected chi connectivity index (χ4v) is 3.42. The van der Waals surface area contributed by atoms with Crippen molar-refractivity contribution in [2.75, 3.05) is 18.0 Å². The van der Waals surface area contributed by atoms with Crippen molar-refractivity contribution in [1.29, 1.82) is 0 Å². The van der Waals surface area contributed by atoms with Gasteiger partial charge in [-0.25, -0.2) is 23.5 Å². The average molecular weight is 332 g/mol. The maximum atomic E-state index is 11.2. The summed E-state index contributed by atoms with van der Waals surface area (Å²) >= 11 is 0. The van der Waals surface area contributed by atoms with Crippen molar-refractivity contribution in [3.8, 4) is 0 Å². The number of rotatable bonds is 4. The predicted molar refractivity (Wildman–Crippen MR) is 88.6 cm³/mol. The number of anilines is 1. The molecule has 1 aliphatic rings. The molecule has 0 aliphatic carbocycles. The largest absolute Gasteiger partial charge is 0.341 e. The topological polar surface area (TPSA) is 89.2 Å². The van der Waals surface area contributed by atoms with Gasteiger partial charge in [-0.1, -0.05) is 37.3 Å². The molecule has 122 valence electrons. The highest BCUT2D eigenvalue weighted by molar-refractivity contribution is 7.89. The van der Waals surface area contributed by atoms with E-state index in [2.05, 4.69) is 46.1 Å². The molecular formula is C16H20N4O2S. The molecule has 2 N–H and O–H groups in total. The first kappa shape index (κ1) is 15.9. The maximum absolute atomic E-state index is 11.2. The molecule has 1 aliphatic heterocycles. The van der Waals surface area contributed by atoms with Crippen LogP contribution >= 0.6 is 0 Å². The highest BCUT2D eigenvalue weighted by Gasteiger charge is 2.29. The summed E-state index contributed by atoms with van der Waals surface area (Å²) in [5.41, 5.74) is 1.34. The van der Waals surface area contributed by atoms with E-state index in [9.17, 15) is 8.42 Å². The zero-order valence-corrected chi connectivity index (χ0v) is 13.8. The van der Waals surface area contributed by atoms with Gasteiger partial charge in [-0.05, 0) is 23.8 Å². The molecule has 2 atom stereocenters. The van der Waals surface area contributed by atoms with Crippen molar-refractivity contribution in [3.63, 3.8) is 0 Å². The van der Waals surface area contributed by atoms with E-state index in [0.717, 1.165) is 19.5 Å². The van der Waals surface area contributed by atoms with E-state index in [1.54, 1.807) is 0 Å². The maximum Gasteiger partial charge on any atom is 0.241 e. The van der Waals surface area contributed by atoms with Gasteiger partial charge in [0.25, 0.3) is 0 Å². The van der Waals surface area contributed by atoms with Gasteiger partial charge in [-0.3, -0.25) is 0 Å². The molecule has 1 aromatic carbocycles. The summed E-state index contributed by atoms with van der Waals surface area (Å²) in [5.74, 6) is 1.55. The van der Waals surface area contributed by atoms with Gasteiger partial charge in [0.15, 0.2) is 0 Å². The Balaban J connectivity index is 1.70. The van der Waals surface area contributed by atoms with Crippen LogP contribution in [-0.2, 0) is 10.0 Å². The second-order valence-corrected chi connectivity index (χ2v) is 7.52. The van der Waals surface area contributed by atoms with E-state index in [-0.39, 0.29) is 4.90 Å². The highest BCUT2D eigenvalue weighted by atomic mass is 32.2. The summed E-state index contributed by atoms with van der Waals surface area (Å²) in [6, 6.07) is 10.5. The van der Waals surface area contributed by atoms with Crippen LogP contribution in [0.2, 0.25) is 0 Å². The van der Waals surface area contributed by atoms with Crippen molar-refractivity contribution in [1.82, 2.24) is 9.97 Å². The fraction of sp³-hybridized carbons (Fsp3) is 0.375. The van der Waals surface area contributed by atoms with Gasteiger partial charge in [-0.15, -0.1) is 0 Å². The molecule has 0 radical (unpaired) electrons. The molecule has 2 unspecified atom stereocenters. The van der Waals surface area contributed by atoms with E-state index in [0.29, 0.717) is 17.8 Å². The van der Waals surface area contributed by atoms with Crippen LogP contribution in [0.15, 0.2) is 47.6 Å². The van der Waals surface area contributed by atoms with E-state index >= 15 is 0 Å². The Hall–Kier alpha value is -1.99. The van der Waals surface area contributed by atoms with E-state index < -0.39 is 10.0 Å². The standard InChI is InChI=1S/C16H20N4O2S/c1-12(13-5-3-2-4-6-13)14-7-8-20(11-14)16-18-9-15(10-19-16)23(17,21)22/h2-6,9-10,12,14H,7-8,11H2,1H3,(H2,17,21,22). The molecule has 0 spiro atoms. The zero-order chi connectivity index (χ0) is 16.4. The number of aromatic nitrogens is 2. The van der Waals surface area contributed by atoms with E-state index in [1.807, 2.05) is 6.07 Å². The minimum Gasteiger partial charge on any atom is -0.341 e. The molecule has 0 saturated carbocycles. The number of nitrogens with zero attached hydrogens (tertiary/aromatic N) is 3. The normalized spacial score (nSPS) is 19.7. The average Bonchev–Trinajstić information content (AvgIpc) is 3.04. The van der Waals surface area contributed by atoms with Crippen LogP contribution in [0.25, 0.3) is 0 Å². The van der Waals surface area contributed by atoms with Crippen LogP contribution in [0.1, 0.15) is 24.8 Å². The molecule has 1 aromatic heterocycles. The highest BCUT2D eigenvalue weighted by Crippen LogP contribution is 2.32. The van der Waals surface area contributed by atoms with Gasteiger partial charge in [-0.2, -0.15) is 0 Å². The van der Waals surface area contributed by atoms with Crippen LogP contribution < -0.4 is 10.0 Å². The quantitative estimate of drug-likeness (QED) is 0.921. The molecule has 1 fully saturated rings. The van der Waals surface area contributed by atoms with Gasteiger partial charge in [0.1, 0.15) is 4.90 Å². The summed E-state index contributed by atoms with van der Waals surface area (Å²) < 4.78 is 22.5. The Bertz CT molecular complexity index is 762. The molecule has 7 heteroatoms. The second-order valence-electron chi connectivity index (χ2n) is 5.96. The molecule has 3 rings (SSSR count). The Kier molecular flexibility index (Phi) is 4.32. The first-order chi connectivity index (χ1) is 10.9. The molecule has 2 aromatic rings. The van der Waals surface area contributed by atoms with Crippen LogP contribution in [0.4, 0.5) is 5.95 Å². The molecule has 23 heavy (non-hydrogen) atoms. The predicted octanol–water partition coefficient (Wildman–Crippen LogP) is 1.75. The number of primary sulfonamides is 1. The lowest BCUT2D eigenvalue weighted by Crippen LogP contribution is -2.24. The van der Waals surface area contributed by atoms with E-state index in [1.165, 1.54) is 18.0 Å². The Morgan fingerprint density at radius 1 is 1.22 bits per heavy atom. The third-order valence-corrected chi connectivity index (χ3v) is 5.35. The zero-order valence-electron chi connectivity index (χ0n) is 13.0. The van der Waals surface area contributed by atoms with Crippen LogP contribution in [-0.4, -0.2) is 31.5 Å². The van der Waals surface area contributed by atoms with Crippen molar-refractivity contribution >= 4 is 16.0 Å². The fourth-order valence-electron chi connectivity index (χ4n) is 3.03. The van der Waals surface area contributed by atoms with Gasteiger partial charge in [0.05, 0.1) is 12.4 Å². The molecule has 0 amide bonds. The monoisotopic (exact) mass is 332 g/mol. The minimum atomic E-state index is -3.75. The van der Waals surface area contributed by atoms with Gasteiger partial charge < -0.3 is 4.90 Å². The molecule has 6 nitrogen and oxygen atoms in total. The molecule has 0 bridgehead atoms. The number of benzene rings is 1. The lowest BCUT2D eigenvalue weighted by molar-refractivity contribution is 0.491. The third-order valence-electron chi connectivity index (χ3n) is 4.48. The number of nitrogens with two attached hydrogens (primary N) is 1. The Morgan fingerprint density at radius 2 is 1.87 bits per heavy atom. The lowest BCUT2D eigenvalue weighted by Gasteiger charge is -2.21. The van der Waals surface area contributed by atoms with Crippen LogP contribution in [0.3, 0.4) is 0 Å². The van der Waals surface area contributed by atoms with Crippen LogP contribution in [0, 0.1) is 5.92 Å². The first-order valence-corrected chi connectivity index (χ1v) is 9.14. The van der Waals surface area contributed by atoms with Crippen molar-refractivity contribution in [3.05, 3.63) is 48.3 Å². The SMILES string of the molecule is CC(c1ccccc1)C1CCN(c2ncc(S(N)(=O)=O)cn2)C1. The minimum absolute atomic E-state index is 0.0605. The first-order valence-electron chi connectivity index (χ1n) is 7.60. The van der Waals surface area contributed by atoms with Gasteiger partial charge >= 0.3 is 0 Å². The lowest BCUT2D eigenvalue weighted by atomic mass is 9.87. The van der Waals surface area contributed by atoms with Crippen LogP contribution in [0.5, 0.6) is 0 Å². The Morgan fingerprint density at radius 3 is 2.48 bits per heavy atom. The van der Waals surface area contributed by atoms with Gasteiger partial charge in [0.2, 0.25) is 16.0 Å². The number of sulfonamides is 1. The number of hydrogen-bond donors (Lipinski definition) is 1. The van der Waals surface area contributed by atoms with Gasteiger partial charge in [0, 0.05) is 13.1 Å². The summed E-state index contributed by atoms with van der Waals surface area (Å²) in [5, 5.41) is 5.07. The number of hydrogen-bond acceptors (Lipinski definition) is 5. The molecule has 1 saturated heterocycles. The smallest absolute Gasteiger partial charge is 0.241 e. The summed E-state index contributed by atoms with van der Waals surface area (Å²) in [4.78, 5) is 10.3.